The second-order valence-corrected chi connectivity index (χ2v) is 8.57. The minimum Gasteiger partial charge on any atom is -0.481 e. The molecule has 3 rings (SSSR count). The Morgan fingerprint density at radius 1 is 1.11 bits per heavy atom. The number of hydrogen-bond donors (Lipinski definition) is 4. The number of benzene rings is 1. The number of allylic oxidation sites excluding steroid dienone is 2. The zero-order valence-corrected chi connectivity index (χ0v) is 19.5. The summed E-state index contributed by atoms with van der Waals surface area (Å²) in [6, 6.07) is 9.24. The maximum atomic E-state index is 13.7. The summed E-state index contributed by atoms with van der Waals surface area (Å²) in [4.78, 5) is 25.4. The molecule has 1 aromatic carbocycles. The predicted molar refractivity (Wildman–Crippen MR) is 127 cm³/mol. The summed E-state index contributed by atoms with van der Waals surface area (Å²) in [6.45, 7) is 0.299. The summed E-state index contributed by atoms with van der Waals surface area (Å²) >= 11 is 0. The van der Waals surface area contributed by atoms with Crippen LogP contribution in [0.4, 0.5) is 24.7 Å². The number of anilines is 2. The highest BCUT2D eigenvalue weighted by Crippen LogP contribution is 2.31. The Morgan fingerprint density at radius 2 is 1.75 bits per heavy atom. The number of aromatic nitrogens is 2. The van der Waals surface area contributed by atoms with Gasteiger partial charge in [-0.05, 0) is 55.5 Å². The van der Waals surface area contributed by atoms with Crippen LogP contribution in [0, 0.1) is 17.2 Å². The van der Waals surface area contributed by atoms with Crippen LogP contribution in [0.15, 0.2) is 54.0 Å². The number of carboxylic acid groups (broad SMARTS) is 1. The summed E-state index contributed by atoms with van der Waals surface area (Å²) in [6.07, 6.45) is -0.870. The largest absolute Gasteiger partial charge is 0.481 e. The number of hydrogen-bond acceptors (Lipinski definition) is 7. The van der Waals surface area contributed by atoms with Gasteiger partial charge in [0.1, 0.15) is 5.70 Å². The molecule has 192 valence electrons. The van der Waals surface area contributed by atoms with Gasteiger partial charge in [0.15, 0.2) is 5.82 Å². The average molecular weight is 505 g/mol. The smallest absolute Gasteiger partial charge is 0.433 e. The molecule has 0 atom stereocenters. The second-order valence-electron chi connectivity index (χ2n) is 8.57. The molecule has 1 saturated carbocycles. The lowest BCUT2D eigenvalue weighted by atomic mass is 9.81. The standard InChI is InChI=1S/C24H27F3N6O3/c1-33(22(34)16-6-8-17(9-7-16)23(35)36)14-15-4-10-18(11-5-15)30-19(13-28)21(24(25,26)27)31-20-3-2-12-29-32-20/h2-5,10-13,16-17,28,30H,6-9,14H2,1H3,(H,31,32)(H,35,36)/b21-19+,28-13?/t16-,17-. The van der Waals surface area contributed by atoms with Gasteiger partial charge in [-0.1, -0.05) is 12.1 Å². The van der Waals surface area contributed by atoms with Gasteiger partial charge in [0.05, 0.1) is 11.6 Å². The highest BCUT2D eigenvalue weighted by atomic mass is 19.4. The van der Waals surface area contributed by atoms with E-state index in [0.29, 0.717) is 44.1 Å². The number of halogens is 3. The number of amides is 1. The number of carbonyl (C=O) groups is 2. The predicted octanol–water partition coefficient (Wildman–Crippen LogP) is 4.27. The third-order valence-electron chi connectivity index (χ3n) is 5.98. The zero-order chi connectivity index (χ0) is 26.3. The van der Waals surface area contributed by atoms with Crippen molar-refractivity contribution in [3.05, 3.63) is 59.6 Å². The SMILES string of the molecule is CN(Cc1ccc(N/C(C=N)=C(/Nc2cccnn2)C(F)(F)F)cc1)C(=O)[C@H]1CC[C@H](C(=O)O)CC1. The van der Waals surface area contributed by atoms with Crippen LogP contribution in [0.5, 0.6) is 0 Å². The highest BCUT2D eigenvalue weighted by Gasteiger charge is 2.37. The molecule has 0 bridgehead atoms. The summed E-state index contributed by atoms with van der Waals surface area (Å²) in [5.41, 5.74) is -0.610. The number of nitrogens with zero attached hydrogens (tertiary/aromatic N) is 3. The minimum absolute atomic E-state index is 0.0556. The second kappa shape index (κ2) is 11.6. The van der Waals surface area contributed by atoms with Crippen molar-refractivity contribution in [3.63, 3.8) is 0 Å². The van der Waals surface area contributed by atoms with Crippen molar-refractivity contribution >= 4 is 29.6 Å². The Hall–Kier alpha value is -3.96. The topological polar surface area (TPSA) is 131 Å². The third-order valence-corrected chi connectivity index (χ3v) is 5.98. The van der Waals surface area contributed by atoms with Crippen LogP contribution >= 0.6 is 0 Å². The van der Waals surface area contributed by atoms with E-state index in [9.17, 15) is 22.8 Å². The monoisotopic (exact) mass is 504 g/mol. The molecule has 0 aliphatic heterocycles. The van der Waals surface area contributed by atoms with Gasteiger partial charge in [-0.2, -0.15) is 18.3 Å². The molecule has 1 amide bonds. The third kappa shape index (κ3) is 7.03. The van der Waals surface area contributed by atoms with Crippen molar-refractivity contribution < 1.29 is 27.9 Å². The van der Waals surface area contributed by atoms with Gasteiger partial charge in [0.25, 0.3) is 0 Å². The Kier molecular flexibility index (Phi) is 8.62. The van der Waals surface area contributed by atoms with Crippen molar-refractivity contribution in [2.24, 2.45) is 11.8 Å². The number of alkyl halides is 3. The number of carbonyl (C=O) groups excluding carboxylic acids is 1. The molecule has 2 aromatic rings. The van der Waals surface area contributed by atoms with E-state index in [-0.39, 0.29) is 17.6 Å². The molecule has 12 heteroatoms. The van der Waals surface area contributed by atoms with E-state index >= 15 is 0 Å². The van der Waals surface area contributed by atoms with Gasteiger partial charge >= 0.3 is 12.1 Å². The van der Waals surface area contributed by atoms with Crippen molar-refractivity contribution in [3.8, 4) is 0 Å². The first-order valence-electron chi connectivity index (χ1n) is 11.3. The fraction of sp³-hybridized carbons (Fsp3) is 0.375. The Morgan fingerprint density at radius 3 is 2.28 bits per heavy atom. The highest BCUT2D eigenvalue weighted by molar-refractivity contribution is 5.83. The summed E-state index contributed by atoms with van der Waals surface area (Å²) in [5, 5.41) is 28.5. The summed E-state index contributed by atoms with van der Waals surface area (Å²) in [7, 11) is 1.67. The molecule has 0 unspecified atom stereocenters. The summed E-state index contributed by atoms with van der Waals surface area (Å²) in [5.74, 6) is -1.61. The number of nitrogens with one attached hydrogen (secondary N) is 3. The normalized spacial score (nSPS) is 18.6. The van der Waals surface area contributed by atoms with E-state index in [1.54, 1.807) is 36.2 Å². The number of carboxylic acids is 1. The minimum atomic E-state index is -4.79. The van der Waals surface area contributed by atoms with E-state index in [1.807, 2.05) is 0 Å². The van der Waals surface area contributed by atoms with Gasteiger partial charge in [0.2, 0.25) is 5.91 Å². The van der Waals surface area contributed by atoms with Gasteiger partial charge in [-0.15, -0.1) is 5.10 Å². The zero-order valence-electron chi connectivity index (χ0n) is 19.5. The molecular weight excluding hydrogens is 477 g/mol. The maximum Gasteiger partial charge on any atom is 0.433 e. The Labute approximate surface area is 205 Å². The van der Waals surface area contributed by atoms with E-state index in [1.165, 1.54) is 18.3 Å². The van der Waals surface area contributed by atoms with Crippen molar-refractivity contribution in [1.29, 1.82) is 5.41 Å². The molecule has 0 radical (unpaired) electrons. The Balaban J connectivity index is 1.66. The van der Waals surface area contributed by atoms with Crippen molar-refractivity contribution in [2.75, 3.05) is 17.7 Å². The lowest BCUT2D eigenvalue weighted by Crippen LogP contribution is -2.35. The molecule has 1 aromatic heterocycles. The molecule has 0 spiro atoms. The van der Waals surface area contributed by atoms with Gasteiger partial charge in [0, 0.05) is 37.6 Å². The molecule has 1 aliphatic rings. The number of aliphatic carboxylic acids is 1. The van der Waals surface area contributed by atoms with Gasteiger partial charge in [-0.3, -0.25) is 9.59 Å². The van der Waals surface area contributed by atoms with Crippen LogP contribution in [0.3, 0.4) is 0 Å². The van der Waals surface area contributed by atoms with Crippen molar-refractivity contribution in [1.82, 2.24) is 15.1 Å². The maximum absolute atomic E-state index is 13.7. The first-order chi connectivity index (χ1) is 17.1. The molecule has 1 aliphatic carbocycles. The van der Waals surface area contributed by atoms with E-state index in [4.69, 9.17) is 10.5 Å². The molecular formula is C24H27F3N6O3. The molecule has 4 N–H and O–H groups in total. The van der Waals surface area contributed by atoms with Crippen LogP contribution in [-0.4, -0.2) is 51.5 Å². The first kappa shape index (κ1) is 26.6. The van der Waals surface area contributed by atoms with Gasteiger partial charge in [-0.25, -0.2) is 0 Å². The molecule has 1 heterocycles. The lowest BCUT2D eigenvalue weighted by Gasteiger charge is -2.29. The van der Waals surface area contributed by atoms with Gasteiger partial charge < -0.3 is 26.0 Å². The fourth-order valence-corrected chi connectivity index (χ4v) is 4.06. The summed E-state index contributed by atoms with van der Waals surface area (Å²) < 4.78 is 41.0. The number of rotatable bonds is 9. The quantitative estimate of drug-likeness (QED) is 0.375. The molecule has 9 nitrogen and oxygen atoms in total. The fourth-order valence-electron chi connectivity index (χ4n) is 4.06. The van der Waals surface area contributed by atoms with E-state index in [2.05, 4.69) is 20.8 Å². The van der Waals surface area contributed by atoms with Crippen LogP contribution < -0.4 is 10.6 Å². The molecule has 36 heavy (non-hydrogen) atoms. The van der Waals surface area contributed by atoms with Crippen LogP contribution in [0.1, 0.15) is 31.2 Å². The van der Waals surface area contributed by atoms with E-state index in [0.717, 1.165) is 5.56 Å². The first-order valence-corrected chi connectivity index (χ1v) is 11.3. The Bertz CT molecular complexity index is 1100. The van der Waals surface area contributed by atoms with Crippen LogP contribution in [0.25, 0.3) is 0 Å². The van der Waals surface area contributed by atoms with E-state index < -0.39 is 29.5 Å². The van der Waals surface area contributed by atoms with Crippen LogP contribution in [0.2, 0.25) is 0 Å². The lowest BCUT2D eigenvalue weighted by molar-refractivity contribution is -0.145. The average Bonchev–Trinajstić information content (AvgIpc) is 2.86. The molecule has 1 fully saturated rings. The van der Waals surface area contributed by atoms with Crippen molar-refractivity contribution in [2.45, 2.75) is 38.4 Å². The van der Waals surface area contributed by atoms with Crippen LogP contribution in [-0.2, 0) is 16.1 Å². The molecule has 0 saturated heterocycles.